The van der Waals surface area contributed by atoms with Crippen LogP contribution in [0.3, 0.4) is 0 Å². The van der Waals surface area contributed by atoms with Crippen molar-refractivity contribution in [1.29, 1.82) is 0 Å². The number of carboxylic acid groups (broad SMARTS) is 1. The fourth-order valence-corrected chi connectivity index (χ4v) is 5.37. The maximum atomic E-state index is 14.9. The number of pyridine rings is 1. The Morgan fingerprint density at radius 2 is 1.87 bits per heavy atom. The van der Waals surface area contributed by atoms with Gasteiger partial charge in [0.2, 0.25) is 5.43 Å². The van der Waals surface area contributed by atoms with Gasteiger partial charge in [-0.15, -0.1) is 0 Å². The lowest BCUT2D eigenvalue weighted by atomic mass is 10.1. The van der Waals surface area contributed by atoms with Gasteiger partial charge in [-0.1, -0.05) is 30.0 Å². The van der Waals surface area contributed by atoms with Crippen LogP contribution in [0.4, 0.5) is 14.5 Å². The molecule has 9 heteroatoms. The first kappa shape index (κ1) is 19.1. The van der Waals surface area contributed by atoms with Gasteiger partial charge in [0, 0.05) is 37.1 Å². The molecule has 0 amide bonds. The van der Waals surface area contributed by atoms with Crippen molar-refractivity contribution in [2.24, 2.45) is 0 Å². The smallest absolute Gasteiger partial charge is 0.342 e. The first-order valence-electron chi connectivity index (χ1n) is 9.49. The predicted molar refractivity (Wildman–Crippen MR) is 111 cm³/mol. The number of aromatic nitrogens is 1. The molecule has 154 valence electrons. The average Bonchev–Trinajstić information content (AvgIpc) is 2.72. The molecular formula is C21H17F2N3O3S. The van der Waals surface area contributed by atoms with Crippen molar-refractivity contribution in [2.45, 2.75) is 10.4 Å². The monoisotopic (exact) mass is 429 g/mol. The zero-order chi connectivity index (χ0) is 21.0. The quantitative estimate of drug-likeness (QED) is 0.667. The normalized spacial score (nSPS) is 18.2. The number of aromatic carboxylic acids is 1. The zero-order valence-corrected chi connectivity index (χ0v) is 16.5. The van der Waals surface area contributed by atoms with Crippen molar-refractivity contribution in [3.05, 3.63) is 69.4 Å². The largest absolute Gasteiger partial charge is 0.477 e. The average molecular weight is 429 g/mol. The van der Waals surface area contributed by atoms with Crippen molar-refractivity contribution in [3.8, 4) is 0 Å². The molecule has 30 heavy (non-hydrogen) atoms. The number of anilines is 1. The summed E-state index contributed by atoms with van der Waals surface area (Å²) >= 11 is 1.12. The summed E-state index contributed by atoms with van der Waals surface area (Å²) in [7, 11) is 0. The van der Waals surface area contributed by atoms with Gasteiger partial charge in [-0.3, -0.25) is 4.79 Å². The number of hydrogen-bond acceptors (Lipinski definition) is 5. The van der Waals surface area contributed by atoms with Gasteiger partial charge in [0.15, 0.2) is 0 Å². The van der Waals surface area contributed by atoms with E-state index in [4.69, 9.17) is 0 Å². The minimum Gasteiger partial charge on any atom is -0.477 e. The number of rotatable bonds is 3. The van der Waals surface area contributed by atoms with E-state index in [1.165, 1.54) is 6.07 Å². The molecular weight excluding hydrogens is 412 g/mol. The van der Waals surface area contributed by atoms with Crippen LogP contribution in [-0.4, -0.2) is 41.8 Å². The topological polar surface area (TPSA) is 74.6 Å². The lowest BCUT2D eigenvalue weighted by Crippen LogP contribution is -2.44. The minimum absolute atomic E-state index is 0.0193. The number of carbonyl (C=O) groups is 1. The molecule has 0 aliphatic carbocycles. The van der Waals surface area contributed by atoms with E-state index in [-0.39, 0.29) is 10.4 Å². The molecule has 1 unspecified atom stereocenters. The number of nitrogens with one attached hydrogen (secondary N) is 1. The number of hydrogen-bond donors (Lipinski definition) is 2. The summed E-state index contributed by atoms with van der Waals surface area (Å²) in [6.07, 6.45) is 0. The van der Waals surface area contributed by atoms with E-state index in [0.717, 1.165) is 17.8 Å². The van der Waals surface area contributed by atoms with E-state index in [0.29, 0.717) is 42.9 Å². The maximum absolute atomic E-state index is 14.9. The Kier molecular flexibility index (Phi) is 4.52. The molecule has 3 aromatic rings. The molecule has 0 saturated carbocycles. The summed E-state index contributed by atoms with van der Waals surface area (Å²) in [5.74, 6) is -2.38. The highest BCUT2D eigenvalue weighted by atomic mass is 32.2. The molecule has 2 N–H and O–H groups in total. The standard InChI is InChI=1S/C21H17F2N3O3S/c22-13-4-2-1-3-11(13)19-26-15-10-16(25-7-5-24-6-8-25)14(23)9-12(15)18(27)17(21(28)29)20(26)30-19/h1-4,9-10,19,24H,5-8H2,(H,28,29). The van der Waals surface area contributed by atoms with Crippen molar-refractivity contribution in [3.63, 3.8) is 0 Å². The Labute approximate surface area is 174 Å². The Bertz CT molecular complexity index is 1250. The van der Waals surface area contributed by atoms with Gasteiger partial charge < -0.3 is 19.9 Å². The summed E-state index contributed by atoms with van der Waals surface area (Å²) in [5, 5.41) is 12.5. The molecule has 1 fully saturated rings. The zero-order valence-electron chi connectivity index (χ0n) is 15.7. The molecule has 2 aliphatic rings. The van der Waals surface area contributed by atoms with E-state index in [1.807, 2.05) is 4.90 Å². The third-order valence-electron chi connectivity index (χ3n) is 5.53. The number of nitrogens with zero attached hydrogens (tertiary/aromatic N) is 2. The van der Waals surface area contributed by atoms with Crippen LogP contribution in [0.15, 0.2) is 46.2 Å². The van der Waals surface area contributed by atoms with Gasteiger partial charge in [0.1, 0.15) is 22.6 Å². The number of thioether (sulfide) groups is 1. The van der Waals surface area contributed by atoms with Crippen LogP contribution >= 0.6 is 11.8 Å². The highest BCUT2D eigenvalue weighted by Crippen LogP contribution is 2.51. The number of benzene rings is 2. The summed E-state index contributed by atoms with van der Waals surface area (Å²) in [6.45, 7) is 2.64. The molecule has 1 atom stereocenters. The first-order chi connectivity index (χ1) is 14.5. The second kappa shape index (κ2) is 7.10. The number of piperazine rings is 1. The van der Waals surface area contributed by atoms with Crippen LogP contribution in [0.25, 0.3) is 10.9 Å². The number of carboxylic acids is 1. The van der Waals surface area contributed by atoms with Crippen LogP contribution in [0, 0.1) is 11.6 Å². The second-order valence-corrected chi connectivity index (χ2v) is 8.30. The summed E-state index contributed by atoms with van der Waals surface area (Å²) in [4.78, 5) is 26.5. The van der Waals surface area contributed by atoms with E-state index >= 15 is 0 Å². The van der Waals surface area contributed by atoms with Gasteiger partial charge in [-0.2, -0.15) is 0 Å². The molecule has 0 spiro atoms. The molecule has 2 aromatic carbocycles. The Morgan fingerprint density at radius 1 is 1.13 bits per heavy atom. The predicted octanol–water partition coefficient (Wildman–Crippen LogP) is 3.04. The number of fused-ring (bicyclic) bond motifs is 3. The molecule has 1 aromatic heterocycles. The van der Waals surface area contributed by atoms with Gasteiger partial charge in [-0.05, 0) is 18.2 Å². The molecule has 6 nitrogen and oxygen atoms in total. The second-order valence-electron chi connectivity index (χ2n) is 7.23. The van der Waals surface area contributed by atoms with Gasteiger partial charge in [0.05, 0.1) is 16.2 Å². The van der Waals surface area contributed by atoms with Crippen molar-refractivity contribution < 1.29 is 18.7 Å². The maximum Gasteiger partial charge on any atom is 0.342 e. The summed E-state index contributed by atoms with van der Waals surface area (Å²) in [6, 6.07) is 8.93. The van der Waals surface area contributed by atoms with E-state index in [1.54, 1.807) is 28.8 Å². The SMILES string of the molecule is O=C(O)c1c2n(c3cc(N4CCNCC4)c(F)cc3c1=O)C(c1ccccc1F)S2. The van der Waals surface area contributed by atoms with Crippen molar-refractivity contribution in [1.82, 2.24) is 9.88 Å². The number of halogens is 2. The molecule has 0 bridgehead atoms. The minimum atomic E-state index is -1.38. The van der Waals surface area contributed by atoms with Gasteiger partial charge in [0.25, 0.3) is 0 Å². The first-order valence-corrected chi connectivity index (χ1v) is 10.4. The van der Waals surface area contributed by atoms with Crippen LogP contribution < -0.4 is 15.6 Å². The highest BCUT2D eigenvalue weighted by molar-refractivity contribution is 8.00. The Hall–Kier alpha value is -2.91. The fourth-order valence-electron chi connectivity index (χ4n) is 4.07. The molecule has 1 saturated heterocycles. The Morgan fingerprint density at radius 3 is 2.57 bits per heavy atom. The van der Waals surface area contributed by atoms with E-state index in [2.05, 4.69) is 5.32 Å². The van der Waals surface area contributed by atoms with Crippen LogP contribution in [0.1, 0.15) is 21.3 Å². The lowest BCUT2D eigenvalue weighted by molar-refractivity contribution is 0.0689. The molecule has 0 radical (unpaired) electrons. The molecule has 2 aliphatic heterocycles. The lowest BCUT2D eigenvalue weighted by Gasteiger charge is -2.36. The molecule has 5 rings (SSSR count). The van der Waals surface area contributed by atoms with Crippen LogP contribution in [-0.2, 0) is 0 Å². The third kappa shape index (κ3) is 2.80. The van der Waals surface area contributed by atoms with Crippen molar-refractivity contribution in [2.75, 3.05) is 31.1 Å². The van der Waals surface area contributed by atoms with Crippen molar-refractivity contribution >= 4 is 34.3 Å². The van der Waals surface area contributed by atoms with Crippen LogP contribution in [0.2, 0.25) is 0 Å². The third-order valence-corrected chi connectivity index (χ3v) is 6.84. The van der Waals surface area contributed by atoms with Crippen LogP contribution in [0.5, 0.6) is 0 Å². The molecule has 3 heterocycles. The highest BCUT2D eigenvalue weighted by Gasteiger charge is 2.37. The fraction of sp³-hybridized carbons (Fsp3) is 0.238. The van der Waals surface area contributed by atoms with E-state index in [9.17, 15) is 23.5 Å². The van der Waals surface area contributed by atoms with Gasteiger partial charge >= 0.3 is 5.97 Å². The summed E-state index contributed by atoms with van der Waals surface area (Å²) in [5.41, 5.74) is 0.0000332. The Balaban J connectivity index is 1.78. The van der Waals surface area contributed by atoms with Gasteiger partial charge in [-0.25, -0.2) is 13.6 Å². The van der Waals surface area contributed by atoms with E-state index < -0.39 is 34.0 Å². The summed E-state index contributed by atoms with van der Waals surface area (Å²) < 4.78 is 31.0.